The molecule has 0 aromatic heterocycles. The van der Waals surface area contributed by atoms with Crippen LogP contribution in [-0.2, 0) is 63.0 Å². The zero-order valence-corrected chi connectivity index (χ0v) is 94.1. The lowest BCUT2D eigenvalue weighted by Gasteiger charge is -2.48. The van der Waals surface area contributed by atoms with Crippen molar-refractivity contribution in [3.8, 4) is 0 Å². The molecular weight excluding hydrogens is 1600 g/mol. The number of esters is 1. The molecule has 0 rings (SSSR count). The van der Waals surface area contributed by atoms with Crippen LogP contribution in [0.1, 0.15) is 150 Å². The number of carbonyl (C=O) groups is 1. The zero-order chi connectivity index (χ0) is 80.9. The van der Waals surface area contributed by atoms with E-state index in [4.69, 9.17) is 58.2 Å². The van der Waals surface area contributed by atoms with Crippen LogP contribution in [0.2, 0.25) is 282 Å². The summed E-state index contributed by atoms with van der Waals surface area (Å²) in [7, 11) is -45.5. The van der Waals surface area contributed by atoms with E-state index in [0.717, 1.165) is 74.0 Å². The summed E-state index contributed by atoms with van der Waals surface area (Å²) in [6.45, 7) is 88.5. The zero-order valence-electron chi connectivity index (χ0n) is 75.7. The monoisotopic (exact) mass is 1770 g/mol. The van der Waals surface area contributed by atoms with Crippen LogP contribution in [0.5, 0.6) is 0 Å². The van der Waals surface area contributed by atoms with E-state index in [2.05, 4.69) is 237 Å². The van der Waals surface area contributed by atoms with Gasteiger partial charge in [-0.15, -0.1) is 0 Å². The minimum Gasteiger partial charge on any atom is -0.462 e. The first kappa shape index (κ1) is 107. The molecule has 0 amide bonds. The summed E-state index contributed by atoms with van der Waals surface area (Å²) < 4.78 is 107. The third-order valence-corrected chi connectivity index (χ3v) is 80.7. The van der Waals surface area contributed by atoms with Crippen molar-refractivity contribution in [3.05, 3.63) is 12.2 Å². The standard InChI is InChI=1S/C71H176O15Si18/c1-38-41-44-47-52-60-95(26,27)81-102(75-88(6,7)8,76-89(9,10)11)67-64-98(32,33)84-101(63-56-55-59-94(24,25)74-87-58-51-50-57-73-71(72)70(4)5,85-99(34,35)65-68-103(77-90(12,13)14,78-91(15,16)17)82-96(28,29)61-53-48-45-42-39-2)86-100(36,37)66-69-104(79-92(18,19)20,80-93(21,22)23)83-97(30,31)62-54-49-46-43-40-3/h4,38-69,87H2,1-3,5-37H3. The van der Waals surface area contributed by atoms with E-state index in [1.54, 1.807) is 6.92 Å². The molecule has 622 valence electrons. The van der Waals surface area contributed by atoms with Crippen molar-refractivity contribution in [2.75, 3.05) is 6.61 Å². The molecule has 104 heavy (non-hydrogen) atoms. The van der Waals surface area contributed by atoms with E-state index >= 15 is 0 Å². The Morgan fingerprint density at radius 2 is 0.481 bits per heavy atom. The molecule has 0 N–H and O–H groups in total. The van der Waals surface area contributed by atoms with Crippen LogP contribution < -0.4 is 0 Å². The molecule has 33 heteroatoms. The van der Waals surface area contributed by atoms with Gasteiger partial charge in [0.05, 0.1) is 6.61 Å². The lowest BCUT2D eigenvalue weighted by atomic mass is 10.2. The van der Waals surface area contributed by atoms with E-state index in [1.807, 2.05) is 0 Å². The Labute approximate surface area is 667 Å². The third-order valence-electron chi connectivity index (χ3n) is 17.5. The van der Waals surface area contributed by atoms with Crippen molar-refractivity contribution in [3.63, 3.8) is 0 Å². The van der Waals surface area contributed by atoms with Gasteiger partial charge in [-0.3, -0.25) is 0 Å². The summed E-state index contributed by atoms with van der Waals surface area (Å²) in [6.07, 6.45) is 22.3. The van der Waals surface area contributed by atoms with Gasteiger partial charge in [-0.1, -0.05) is 137 Å². The van der Waals surface area contributed by atoms with E-state index < -0.39 is 153 Å². The maximum absolute atomic E-state index is 12.1. The van der Waals surface area contributed by atoms with Crippen molar-refractivity contribution in [1.82, 2.24) is 0 Å². The summed E-state index contributed by atoms with van der Waals surface area (Å²) in [4.78, 5) is 12.1. The molecule has 0 saturated carbocycles. The maximum atomic E-state index is 12.1. The predicted molar refractivity (Wildman–Crippen MR) is 496 cm³/mol. The fraction of sp³-hybridized carbons (Fsp3) is 0.958. The molecular formula is C71H176O15Si18. The molecule has 0 spiro atoms. The fourth-order valence-electron chi connectivity index (χ4n) is 13.3. The SMILES string of the molecule is C=C(C)C(=O)OCCCC[SiH2]O[Si](C)(C)CCCC[Si](O[Si](C)(C)CC[Si](O[Si](C)(C)C)(O[Si](C)(C)C)O[Si](C)(C)CCCCCCC)(O[Si](C)(C)CC[Si](O[Si](C)(C)C)(O[Si](C)(C)C)O[Si](C)(C)CCCCCCC)O[Si](C)(C)CC[Si](O[Si](C)(C)C)(O[Si](C)(C)C)O[Si](C)(C)CCCCCCC. The van der Waals surface area contributed by atoms with Gasteiger partial charge in [-0.05, 0) is 278 Å². The average Bonchev–Trinajstić information content (AvgIpc) is 0.787. The maximum Gasteiger partial charge on any atom is 0.469 e. The Hall–Kier alpha value is 2.59. The average molecular weight is 1780 g/mol. The quantitative estimate of drug-likeness (QED) is 0.0246. The highest BCUT2D eigenvalue weighted by molar-refractivity contribution is 6.96. The first-order valence-electron chi connectivity index (χ1n) is 41.7. The van der Waals surface area contributed by atoms with Gasteiger partial charge in [-0.2, -0.15) is 0 Å². The third kappa shape index (κ3) is 54.4. The summed E-state index contributed by atoms with van der Waals surface area (Å²) in [5, 5.41) is 0. The summed E-state index contributed by atoms with van der Waals surface area (Å²) >= 11 is 0. The van der Waals surface area contributed by atoms with Crippen molar-refractivity contribution in [2.24, 2.45) is 0 Å². The normalized spacial score (nSPS) is 14.8. The molecule has 15 nitrogen and oxygen atoms in total. The lowest BCUT2D eigenvalue weighted by Crippen LogP contribution is -2.65. The number of carbonyl (C=O) groups excluding carboxylic acids is 1. The number of rotatable bonds is 64. The number of hydrogen-bond donors (Lipinski definition) is 0. The van der Waals surface area contributed by atoms with Crippen molar-refractivity contribution < 1.29 is 63.0 Å². The van der Waals surface area contributed by atoms with E-state index in [-0.39, 0.29) is 5.97 Å². The van der Waals surface area contributed by atoms with Crippen LogP contribution >= 0.6 is 0 Å². The Morgan fingerprint density at radius 3 is 0.731 bits per heavy atom. The van der Waals surface area contributed by atoms with Crippen molar-refractivity contribution >= 4 is 159 Å². The van der Waals surface area contributed by atoms with Gasteiger partial charge in [-0.25, -0.2) is 4.79 Å². The Kier molecular flexibility index (Phi) is 47.7. The minimum atomic E-state index is -3.77. The number of hydrogen-bond acceptors (Lipinski definition) is 15. The van der Waals surface area contributed by atoms with E-state index in [9.17, 15) is 4.79 Å². The molecule has 0 aliphatic heterocycles. The molecule has 0 aromatic rings. The van der Waals surface area contributed by atoms with Crippen LogP contribution in [0.4, 0.5) is 0 Å². The van der Waals surface area contributed by atoms with Crippen LogP contribution in [0, 0.1) is 0 Å². The van der Waals surface area contributed by atoms with Gasteiger partial charge in [0.25, 0.3) is 0 Å². The van der Waals surface area contributed by atoms with E-state index in [0.29, 0.717) is 36.4 Å². The molecule has 0 aliphatic rings. The largest absolute Gasteiger partial charge is 0.469 e. The van der Waals surface area contributed by atoms with Crippen molar-refractivity contribution in [2.45, 2.75) is 432 Å². The number of unbranched alkanes of at least 4 members (excludes halogenated alkanes) is 14. The molecule has 0 bridgehead atoms. The molecule has 0 unspecified atom stereocenters. The second kappa shape index (κ2) is 46.5. The highest BCUT2D eigenvalue weighted by atomic mass is 28.5. The van der Waals surface area contributed by atoms with Gasteiger partial charge >= 0.3 is 41.2 Å². The molecule has 0 atom stereocenters. The highest BCUT2D eigenvalue weighted by Crippen LogP contribution is 2.43. The highest BCUT2D eigenvalue weighted by Gasteiger charge is 2.59. The first-order chi connectivity index (χ1) is 46.8. The Morgan fingerprint density at radius 1 is 0.260 bits per heavy atom. The van der Waals surface area contributed by atoms with Gasteiger partial charge in [0.1, 0.15) is 9.76 Å². The van der Waals surface area contributed by atoms with E-state index in [1.165, 1.54) is 96.3 Å². The first-order valence-corrected chi connectivity index (χ1v) is 93.3. The topological polar surface area (TPSA) is 146 Å². The molecule has 0 fully saturated rings. The Balaban J connectivity index is 8.99. The second-order valence-corrected chi connectivity index (χ2v) is 114. The fourth-order valence-corrected chi connectivity index (χ4v) is 89.7. The molecule has 0 heterocycles. The summed E-state index contributed by atoms with van der Waals surface area (Å²) in [5.41, 5.74) is 0.442. The second-order valence-electron chi connectivity index (χ2n) is 41.0. The van der Waals surface area contributed by atoms with Gasteiger partial charge in [0.2, 0.25) is 0 Å². The van der Waals surface area contributed by atoms with Crippen molar-refractivity contribution in [1.29, 1.82) is 0 Å². The minimum absolute atomic E-state index is 0.311. The van der Waals surface area contributed by atoms with Crippen LogP contribution in [-0.4, -0.2) is 166 Å². The molecule has 0 aliphatic carbocycles. The molecule has 0 radical (unpaired) electrons. The lowest BCUT2D eigenvalue weighted by molar-refractivity contribution is -0.139. The van der Waals surface area contributed by atoms with Crippen LogP contribution in [0.25, 0.3) is 0 Å². The number of ether oxygens (including phenoxy) is 1. The summed E-state index contributed by atoms with van der Waals surface area (Å²) in [5.74, 6) is -0.311. The molecule has 0 saturated heterocycles. The van der Waals surface area contributed by atoms with Gasteiger partial charge < -0.3 is 58.2 Å². The van der Waals surface area contributed by atoms with Crippen LogP contribution in [0.3, 0.4) is 0 Å². The predicted octanol–water partition coefficient (Wildman–Crippen LogP) is 25.5. The van der Waals surface area contributed by atoms with Gasteiger partial charge in [0, 0.05) is 29.7 Å². The smallest absolute Gasteiger partial charge is 0.462 e. The summed E-state index contributed by atoms with van der Waals surface area (Å²) in [6, 6.07) is 10.6. The molecule has 0 aromatic carbocycles. The van der Waals surface area contributed by atoms with Gasteiger partial charge in [0.15, 0.2) is 108 Å². The Bertz CT molecular complexity index is 2130. The van der Waals surface area contributed by atoms with Crippen LogP contribution in [0.15, 0.2) is 12.2 Å².